The molecule has 14 heteroatoms. The van der Waals surface area contributed by atoms with Crippen molar-refractivity contribution in [2.24, 2.45) is 5.84 Å². The fourth-order valence-corrected chi connectivity index (χ4v) is 4.88. The van der Waals surface area contributed by atoms with Crippen molar-refractivity contribution in [3.05, 3.63) is 96.3 Å². The fourth-order valence-electron chi connectivity index (χ4n) is 3.16. The number of hydrazine groups is 1. The first-order valence-electron chi connectivity index (χ1n) is 10.5. The van der Waals surface area contributed by atoms with Crippen molar-refractivity contribution >= 4 is 50.0 Å². The first kappa shape index (κ1) is 25.9. The van der Waals surface area contributed by atoms with Crippen LogP contribution in [0, 0.1) is 0 Å². The van der Waals surface area contributed by atoms with Crippen LogP contribution < -0.4 is 16.3 Å². The summed E-state index contributed by atoms with van der Waals surface area (Å²) in [6.45, 7) is 0. The lowest BCUT2D eigenvalue weighted by atomic mass is 10.1. The van der Waals surface area contributed by atoms with Gasteiger partial charge in [0.2, 0.25) is 5.95 Å². The molecule has 0 fully saturated rings. The molecule has 3 aromatic carbocycles. The molecule has 4 N–H and O–H groups in total. The average molecular weight is 541 g/mol. The van der Waals surface area contributed by atoms with E-state index in [1.807, 2.05) is 18.2 Å². The monoisotopic (exact) mass is 540 g/mol. The Balaban J connectivity index is 1.58. The minimum atomic E-state index is -4.49. The van der Waals surface area contributed by atoms with E-state index in [0.717, 1.165) is 6.33 Å². The van der Waals surface area contributed by atoms with Crippen molar-refractivity contribution in [3.8, 4) is 0 Å². The average Bonchev–Trinajstić information content (AvgIpc) is 2.88. The molecule has 0 radical (unpaired) electrons. The molecule has 0 atom stereocenters. The zero-order chi connectivity index (χ0) is 26.5. The van der Waals surface area contributed by atoms with Gasteiger partial charge in [-0.25, -0.2) is 10.8 Å². The zero-order valence-electron chi connectivity index (χ0n) is 18.9. The van der Waals surface area contributed by atoms with Gasteiger partial charge in [-0.15, -0.1) is 9.46 Å². The largest absolute Gasteiger partial charge is 0.324 e. The van der Waals surface area contributed by atoms with Crippen LogP contribution >= 0.6 is 0 Å². The summed E-state index contributed by atoms with van der Waals surface area (Å²) in [6.07, 6.45) is 3.85. The molecule has 1 aromatic heterocycles. The van der Waals surface area contributed by atoms with E-state index in [1.54, 1.807) is 24.3 Å². The van der Waals surface area contributed by atoms with Gasteiger partial charge in [-0.1, -0.05) is 66.7 Å². The molecule has 0 saturated heterocycles. The van der Waals surface area contributed by atoms with E-state index in [9.17, 15) is 21.4 Å². The topological polar surface area (TPSA) is 178 Å². The third-order valence-electron chi connectivity index (χ3n) is 4.79. The Morgan fingerprint density at radius 1 is 0.811 bits per heavy atom. The summed E-state index contributed by atoms with van der Waals surface area (Å²) in [4.78, 5) is 11.3. The van der Waals surface area contributed by atoms with E-state index < -0.39 is 20.2 Å². The number of rotatable bonds is 9. The second-order valence-electron chi connectivity index (χ2n) is 7.34. The molecule has 0 saturated carbocycles. The van der Waals surface area contributed by atoms with E-state index in [1.165, 1.54) is 48.6 Å². The molecular weight excluding hydrogens is 520 g/mol. The minimum absolute atomic E-state index is 0.105. The van der Waals surface area contributed by atoms with Crippen LogP contribution in [0.15, 0.2) is 95.0 Å². The summed E-state index contributed by atoms with van der Waals surface area (Å²) in [5, 5.41) is 3.32. The van der Waals surface area contributed by atoms with Gasteiger partial charge in [-0.3, -0.25) is 4.55 Å². The van der Waals surface area contributed by atoms with Gasteiger partial charge in [0, 0.05) is 5.69 Å². The van der Waals surface area contributed by atoms with Gasteiger partial charge in [-0.05, 0) is 35.4 Å². The predicted octanol–water partition coefficient (Wildman–Crippen LogP) is 3.03. The van der Waals surface area contributed by atoms with Gasteiger partial charge in [0.15, 0.2) is 0 Å². The van der Waals surface area contributed by atoms with Crippen molar-refractivity contribution in [3.63, 3.8) is 0 Å². The molecule has 37 heavy (non-hydrogen) atoms. The number of para-hydroxylation sites is 1. The third-order valence-corrected chi connectivity index (χ3v) is 6.99. The molecular formula is C23H20N6O6S2. The number of aromatic nitrogens is 3. The standard InChI is InChI=1S/C23H20N6O6S2/c24-29(23-26-16-25-22(28-23)27-19-10-2-1-3-11-19)35-37(33,34)21-13-7-5-9-18(21)15-14-17-8-4-6-12-20(17)36(30,31)32/h1-16H,24H2,(H,30,31,32)(H,25,26,27,28). The first-order valence-corrected chi connectivity index (χ1v) is 13.3. The van der Waals surface area contributed by atoms with E-state index in [0.29, 0.717) is 10.9 Å². The quantitative estimate of drug-likeness (QED) is 0.122. The van der Waals surface area contributed by atoms with Crippen LogP contribution in [-0.4, -0.2) is 36.3 Å². The summed E-state index contributed by atoms with van der Waals surface area (Å²) in [6, 6.07) is 20.5. The highest BCUT2D eigenvalue weighted by atomic mass is 32.2. The Morgan fingerprint density at radius 2 is 1.38 bits per heavy atom. The molecule has 0 unspecified atom stereocenters. The van der Waals surface area contributed by atoms with Crippen LogP contribution in [0.2, 0.25) is 0 Å². The van der Waals surface area contributed by atoms with Gasteiger partial charge in [-0.2, -0.15) is 26.8 Å². The maximum atomic E-state index is 13.0. The number of benzene rings is 3. The smallest absolute Gasteiger partial charge is 0.319 e. The molecule has 1 heterocycles. The molecule has 4 aromatic rings. The summed E-state index contributed by atoms with van der Waals surface area (Å²) < 4.78 is 63.8. The molecule has 0 bridgehead atoms. The van der Waals surface area contributed by atoms with Crippen molar-refractivity contribution in [2.45, 2.75) is 9.79 Å². The van der Waals surface area contributed by atoms with E-state index in [2.05, 4.69) is 20.3 Å². The Kier molecular flexibility index (Phi) is 7.56. The van der Waals surface area contributed by atoms with E-state index >= 15 is 0 Å². The van der Waals surface area contributed by atoms with E-state index in [-0.39, 0.29) is 32.8 Å². The molecule has 0 aliphatic carbocycles. The van der Waals surface area contributed by atoms with Crippen LogP contribution in [0.1, 0.15) is 11.1 Å². The number of anilines is 3. The lowest BCUT2D eigenvalue weighted by molar-refractivity contribution is 0.279. The molecule has 0 aliphatic rings. The minimum Gasteiger partial charge on any atom is -0.324 e. The molecule has 4 rings (SSSR count). The number of hydrogen-bond acceptors (Lipinski definition) is 11. The highest BCUT2D eigenvalue weighted by Crippen LogP contribution is 2.24. The Bertz CT molecular complexity index is 1650. The summed E-state index contributed by atoms with van der Waals surface area (Å²) in [7, 11) is -8.98. The highest BCUT2D eigenvalue weighted by molar-refractivity contribution is 7.87. The van der Waals surface area contributed by atoms with Crippen molar-refractivity contribution in [2.75, 3.05) is 10.5 Å². The SMILES string of the molecule is NN(OS(=O)(=O)c1ccccc1C=Cc1ccccc1S(=O)(=O)O)c1ncnc(Nc2ccccc2)n1. The van der Waals surface area contributed by atoms with E-state index in [4.69, 9.17) is 10.1 Å². The normalized spacial score (nSPS) is 11.9. The number of nitrogens with two attached hydrogens (primary N) is 1. The molecule has 12 nitrogen and oxygen atoms in total. The van der Waals surface area contributed by atoms with Gasteiger partial charge < -0.3 is 5.32 Å². The van der Waals surface area contributed by atoms with Gasteiger partial charge in [0.25, 0.3) is 16.1 Å². The Morgan fingerprint density at radius 3 is 2.03 bits per heavy atom. The molecule has 0 amide bonds. The number of nitrogens with zero attached hydrogens (tertiary/aromatic N) is 4. The number of nitrogens with one attached hydrogen (secondary N) is 1. The predicted molar refractivity (Wildman–Crippen MR) is 136 cm³/mol. The molecule has 0 spiro atoms. The lowest BCUT2D eigenvalue weighted by Crippen LogP contribution is -2.35. The van der Waals surface area contributed by atoms with Gasteiger partial charge >= 0.3 is 10.1 Å². The Labute approximate surface area is 212 Å². The van der Waals surface area contributed by atoms with Crippen LogP contribution in [0.5, 0.6) is 0 Å². The summed E-state index contributed by atoms with van der Waals surface area (Å²) >= 11 is 0. The van der Waals surface area contributed by atoms with Gasteiger partial charge in [0.05, 0.1) is 0 Å². The zero-order valence-corrected chi connectivity index (χ0v) is 20.5. The van der Waals surface area contributed by atoms with Crippen molar-refractivity contribution in [1.82, 2.24) is 15.0 Å². The van der Waals surface area contributed by atoms with Crippen molar-refractivity contribution < 1.29 is 25.7 Å². The lowest BCUT2D eigenvalue weighted by Gasteiger charge is -2.16. The third kappa shape index (κ3) is 6.52. The second kappa shape index (κ2) is 10.8. The maximum Gasteiger partial charge on any atom is 0.319 e. The fraction of sp³-hybridized carbons (Fsp3) is 0. The Hall–Kier alpha value is -4.21. The van der Waals surface area contributed by atoms with Crippen LogP contribution in [0.3, 0.4) is 0 Å². The van der Waals surface area contributed by atoms with Gasteiger partial charge in [0.1, 0.15) is 16.1 Å². The van der Waals surface area contributed by atoms with Crippen LogP contribution in [0.4, 0.5) is 17.6 Å². The molecule has 0 aliphatic heterocycles. The highest BCUT2D eigenvalue weighted by Gasteiger charge is 2.24. The number of hydrogen-bond donors (Lipinski definition) is 3. The van der Waals surface area contributed by atoms with Crippen LogP contribution in [-0.2, 0) is 24.5 Å². The summed E-state index contributed by atoms with van der Waals surface area (Å²) in [5.74, 6) is 5.62. The van der Waals surface area contributed by atoms with Crippen LogP contribution in [0.25, 0.3) is 12.2 Å². The maximum absolute atomic E-state index is 13.0. The molecule has 190 valence electrons. The summed E-state index contributed by atoms with van der Waals surface area (Å²) in [5.41, 5.74) is 1.01. The second-order valence-corrected chi connectivity index (χ2v) is 10.2. The van der Waals surface area contributed by atoms with Crippen molar-refractivity contribution in [1.29, 1.82) is 0 Å². The first-order chi connectivity index (χ1) is 17.6.